The summed E-state index contributed by atoms with van der Waals surface area (Å²) < 4.78 is 25.0. The summed E-state index contributed by atoms with van der Waals surface area (Å²) in [7, 11) is -3.19. The SMILES string of the molecule is CCSC1(SCC)C(=O)S(=O)(=O)N(CC)C1(P=S)P=S. The molecule has 0 atom stereocenters. The summed E-state index contributed by atoms with van der Waals surface area (Å²) in [5.41, 5.74) is 0. The van der Waals surface area contributed by atoms with E-state index in [1.54, 1.807) is 6.92 Å². The van der Waals surface area contributed by atoms with Crippen LogP contribution >= 0.6 is 38.2 Å². The summed E-state index contributed by atoms with van der Waals surface area (Å²) >= 11 is 13.1. The van der Waals surface area contributed by atoms with Crippen molar-refractivity contribution in [2.75, 3.05) is 18.1 Å². The molecule has 0 bridgehead atoms. The molecule has 114 valence electrons. The molecule has 0 amide bonds. The minimum atomic E-state index is -3.99. The van der Waals surface area contributed by atoms with E-state index in [-0.39, 0.29) is 6.54 Å². The van der Waals surface area contributed by atoms with E-state index in [1.165, 1.54) is 27.8 Å². The highest BCUT2D eigenvalue weighted by molar-refractivity contribution is 8.25. The highest BCUT2D eigenvalue weighted by Crippen LogP contribution is 2.64. The third-order valence-electron chi connectivity index (χ3n) is 2.82. The van der Waals surface area contributed by atoms with Crippen LogP contribution in [0.1, 0.15) is 20.8 Å². The molecule has 0 saturated carbocycles. The first-order chi connectivity index (χ1) is 9.34. The van der Waals surface area contributed by atoms with Gasteiger partial charge in [0, 0.05) is 21.3 Å². The Kier molecular flexibility index (Phi) is 7.03. The lowest BCUT2D eigenvalue weighted by atomic mass is 10.4. The van der Waals surface area contributed by atoms with Gasteiger partial charge in [-0.1, -0.05) is 44.4 Å². The van der Waals surface area contributed by atoms with Gasteiger partial charge in [-0.05, 0) is 11.5 Å². The predicted octanol–water partition coefficient (Wildman–Crippen LogP) is 2.85. The van der Waals surface area contributed by atoms with Gasteiger partial charge in [-0.15, -0.1) is 23.5 Å². The van der Waals surface area contributed by atoms with E-state index < -0.39 is 24.2 Å². The normalized spacial score (nSPS) is 29.2. The van der Waals surface area contributed by atoms with E-state index in [4.69, 9.17) is 23.6 Å². The Morgan fingerprint density at radius 2 is 1.60 bits per heavy atom. The predicted molar refractivity (Wildman–Crippen MR) is 96.6 cm³/mol. The van der Waals surface area contributed by atoms with Gasteiger partial charge < -0.3 is 0 Å². The van der Waals surface area contributed by atoms with Gasteiger partial charge in [0.05, 0.1) is 0 Å². The zero-order valence-corrected chi connectivity index (χ0v) is 17.1. The molecule has 1 saturated heterocycles. The van der Waals surface area contributed by atoms with Gasteiger partial charge in [-0.25, -0.2) is 8.42 Å². The van der Waals surface area contributed by atoms with Crippen molar-refractivity contribution in [2.24, 2.45) is 0 Å². The van der Waals surface area contributed by atoms with Crippen molar-refractivity contribution >= 4 is 77.0 Å². The first kappa shape index (κ1) is 19.4. The van der Waals surface area contributed by atoms with E-state index >= 15 is 0 Å². The number of carbonyl (C=O) groups excluding carboxylic acids is 1. The summed E-state index contributed by atoms with van der Waals surface area (Å²) in [4.78, 5) is 12.7. The fourth-order valence-electron chi connectivity index (χ4n) is 2.12. The lowest BCUT2D eigenvalue weighted by molar-refractivity contribution is -0.111. The van der Waals surface area contributed by atoms with Crippen LogP contribution in [-0.4, -0.2) is 45.0 Å². The number of sulfonamides is 1. The summed E-state index contributed by atoms with van der Waals surface area (Å²) in [5.74, 6) is 1.26. The van der Waals surface area contributed by atoms with E-state index in [0.717, 1.165) is 0 Å². The van der Waals surface area contributed by atoms with E-state index in [0.29, 0.717) is 26.2 Å². The van der Waals surface area contributed by atoms with Crippen LogP contribution in [0.4, 0.5) is 0 Å². The van der Waals surface area contributed by atoms with Gasteiger partial charge in [0.25, 0.3) is 15.1 Å². The molecule has 20 heavy (non-hydrogen) atoms. The maximum atomic E-state index is 12.7. The van der Waals surface area contributed by atoms with Crippen LogP contribution < -0.4 is 0 Å². The van der Waals surface area contributed by atoms with Crippen LogP contribution in [0, 0.1) is 0 Å². The average Bonchev–Trinajstić information content (AvgIpc) is 2.55. The topological polar surface area (TPSA) is 54.5 Å². The zero-order valence-electron chi connectivity index (χ0n) is 11.2. The Bertz CT molecular complexity index is 510. The Hall–Kier alpha value is 1.32. The maximum Gasteiger partial charge on any atom is 0.291 e. The molecule has 0 aromatic carbocycles. The molecule has 1 aliphatic heterocycles. The molecule has 0 aliphatic carbocycles. The number of nitrogens with zero attached hydrogens (tertiary/aromatic N) is 1. The van der Waals surface area contributed by atoms with Crippen LogP contribution in [0.5, 0.6) is 0 Å². The molecule has 0 N–H and O–H groups in total. The Balaban J connectivity index is 3.72. The molecule has 1 aliphatic rings. The summed E-state index contributed by atoms with van der Waals surface area (Å²) in [6, 6.07) is 0. The minimum absolute atomic E-state index is 0.206. The molecule has 1 rings (SSSR count). The van der Waals surface area contributed by atoms with Crippen LogP contribution in [0.3, 0.4) is 0 Å². The summed E-state index contributed by atoms with van der Waals surface area (Å²) in [6.07, 6.45) is 0. The standard InChI is InChI=1S/C9H15NO3P2S5/c1-4-10-9(14-16,15-17)8(18-5-2,19-6-3)7(11)20(10,12)13/h4-6H2,1-3H3. The second-order valence-corrected chi connectivity index (χ2v) is 11.8. The monoisotopic (exact) mass is 407 g/mol. The quantitative estimate of drug-likeness (QED) is 0.475. The van der Waals surface area contributed by atoms with Gasteiger partial charge in [-0.3, -0.25) is 4.79 Å². The van der Waals surface area contributed by atoms with Crippen molar-refractivity contribution in [3.8, 4) is 0 Å². The molecule has 0 unspecified atom stereocenters. The van der Waals surface area contributed by atoms with Crippen molar-refractivity contribution in [3.05, 3.63) is 0 Å². The first-order valence-electron chi connectivity index (χ1n) is 5.88. The van der Waals surface area contributed by atoms with Crippen molar-refractivity contribution in [3.63, 3.8) is 0 Å². The zero-order chi connectivity index (χ0) is 15.6. The molecule has 0 aromatic heterocycles. The Morgan fingerprint density at radius 3 is 1.90 bits per heavy atom. The first-order valence-corrected chi connectivity index (χ1v) is 13.1. The number of carbonyl (C=O) groups is 1. The van der Waals surface area contributed by atoms with Crippen molar-refractivity contribution in [2.45, 2.75) is 29.9 Å². The van der Waals surface area contributed by atoms with Crippen LogP contribution in [0.2, 0.25) is 0 Å². The number of thioether (sulfide) groups is 2. The molecular formula is C9H15NO3P2S5. The fraction of sp³-hybridized carbons (Fsp3) is 0.889. The van der Waals surface area contributed by atoms with Crippen molar-refractivity contribution in [1.29, 1.82) is 0 Å². The summed E-state index contributed by atoms with van der Waals surface area (Å²) in [5, 5.41) is -1.79. The largest absolute Gasteiger partial charge is 0.291 e. The minimum Gasteiger partial charge on any atom is -0.277 e. The average molecular weight is 408 g/mol. The Morgan fingerprint density at radius 1 is 1.15 bits per heavy atom. The van der Waals surface area contributed by atoms with Crippen LogP contribution in [0.15, 0.2) is 0 Å². The molecule has 1 heterocycles. The van der Waals surface area contributed by atoms with Gasteiger partial charge in [-0.2, -0.15) is 4.31 Å². The van der Waals surface area contributed by atoms with Gasteiger partial charge in [0.15, 0.2) is 9.10 Å². The van der Waals surface area contributed by atoms with E-state index in [1.807, 2.05) is 13.8 Å². The number of rotatable bonds is 7. The second kappa shape index (κ2) is 7.26. The smallest absolute Gasteiger partial charge is 0.277 e. The van der Waals surface area contributed by atoms with Gasteiger partial charge in [0.1, 0.15) is 0 Å². The highest BCUT2D eigenvalue weighted by atomic mass is 32.4. The Labute approximate surface area is 141 Å². The number of hydrogen-bond acceptors (Lipinski definition) is 7. The molecular weight excluding hydrogens is 392 g/mol. The number of hydrogen-bond donors (Lipinski definition) is 0. The van der Waals surface area contributed by atoms with Crippen LogP contribution in [0.25, 0.3) is 0 Å². The lowest BCUT2D eigenvalue weighted by Crippen LogP contribution is -2.48. The highest BCUT2D eigenvalue weighted by Gasteiger charge is 2.72. The van der Waals surface area contributed by atoms with Gasteiger partial charge >= 0.3 is 0 Å². The van der Waals surface area contributed by atoms with E-state index in [9.17, 15) is 13.2 Å². The lowest BCUT2D eigenvalue weighted by Gasteiger charge is -2.38. The van der Waals surface area contributed by atoms with Crippen LogP contribution in [-0.2, 0) is 38.4 Å². The van der Waals surface area contributed by atoms with E-state index in [2.05, 4.69) is 0 Å². The van der Waals surface area contributed by atoms with Crippen molar-refractivity contribution in [1.82, 2.24) is 4.31 Å². The molecule has 11 heteroatoms. The third-order valence-corrected chi connectivity index (χ3v) is 13.6. The second-order valence-electron chi connectivity index (χ2n) is 3.76. The molecule has 0 radical (unpaired) electrons. The third kappa shape index (κ3) is 2.56. The molecule has 1 fully saturated rings. The van der Waals surface area contributed by atoms with Gasteiger partial charge in [0.2, 0.25) is 0 Å². The molecule has 4 nitrogen and oxygen atoms in total. The molecule has 0 aromatic rings. The summed E-state index contributed by atoms with van der Waals surface area (Å²) in [6.45, 7) is 5.73. The fourth-order valence-corrected chi connectivity index (χ4v) is 14.4. The molecule has 0 spiro atoms. The maximum absolute atomic E-state index is 12.7. The van der Waals surface area contributed by atoms with Crippen molar-refractivity contribution < 1.29 is 13.2 Å².